The lowest BCUT2D eigenvalue weighted by Gasteiger charge is -2.08. The monoisotopic (exact) mass is 285 g/mol. The zero-order valence-corrected chi connectivity index (χ0v) is 11.1. The van der Waals surface area contributed by atoms with E-state index in [9.17, 15) is 14.9 Å². The molecule has 1 amide bonds. The largest absolute Gasteiger partial charge is 0.476 e. The number of nitrogens with zero attached hydrogens (tertiary/aromatic N) is 3. The van der Waals surface area contributed by atoms with Gasteiger partial charge in [0, 0.05) is 13.7 Å². The summed E-state index contributed by atoms with van der Waals surface area (Å²) in [4.78, 5) is 29.1. The van der Waals surface area contributed by atoms with Gasteiger partial charge in [0.25, 0.3) is 5.88 Å². The lowest BCUT2D eigenvalue weighted by Crippen LogP contribution is -2.32. The number of hydrogen-bond donors (Lipinski definition) is 2. The van der Waals surface area contributed by atoms with E-state index in [1.54, 1.807) is 0 Å². The highest BCUT2D eigenvalue weighted by Crippen LogP contribution is 2.29. The Morgan fingerprint density at radius 2 is 2.20 bits per heavy atom. The first-order chi connectivity index (χ1) is 9.60. The van der Waals surface area contributed by atoms with Gasteiger partial charge in [-0.2, -0.15) is 4.98 Å². The smallest absolute Gasteiger partial charge is 0.372 e. The summed E-state index contributed by atoms with van der Waals surface area (Å²) in [6.07, 6.45) is 1.11. The first-order valence-corrected chi connectivity index (χ1v) is 5.63. The summed E-state index contributed by atoms with van der Waals surface area (Å²) in [7, 11) is 2.78. The summed E-state index contributed by atoms with van der Waals surface area (Å²) in [6.45, 7) is 0.574. The van der Waals surface area contributed by atoms with E-state index in [1.165, 1.54) is 14.2 Å². The molecule has 0 bridgehead atoms. The molecule has 0 aliphatic heterocycles. The number of aromatic nitrogens is 2. The molecule has 0 atom stereocenters. The molecule has 0 spiro atoms. The molecule has 110 valence electrons. The molecule has 10 nitrogen and oxygen atoms in total. The normalized spacial score (nSPS) is 9.90. The van der Waals surface area contributed by atoms with Crippen molar-refractivity contribution in [2.24, 2.45) is 0 Å². The molecule has 0 radical (unpaired) electrons. The van der Waals surface area contributed by atoms with Gasteiger partial charge in [0.15, 0.2) is 0 Å². The van der Waals surface area contributed by atoms with Crippen LogP contribution in [0.2, 0.25) is 0 Å². The molecule has 0 aromatic carbocycles. The summed E-state index contributed by atoms with van der Waals surface area (Å²) in [5.74, 6) is -0.593. The van der Waals surface area contributed by atoms with Crippen molar-refractivity contribution in [3.8, 4) is 5.88 Å². The van der Waals surface area contributed by atoms with Crippen molar-refractivity contribution in [3.63, 3.8) is 0 Å². The minimum absolute atomic E-state index is 0.0799. The summed E-state index contributed by atoms with van der Waals surface area (Å²) in [5.41, 5.74) is -0.417. The third-order valence-corrected chi connectivity index (χ3v) is 2.21. The first kappa shape index (κ1) is 15.6. The van der Waals surface area contributed by atoms with Crippen LogP contribution < -0.4 is 15.4 Å². The number of amides is 1. The standard InChI is InChI=1S/C10H15N5O5/c1-19-4-3-11-7(16)5-12-9-8(15(17)18)10(20-2)14-6-13-9/h6H,3-5H2,1-2H3,(H,11,16)(H,12,13,14). The van der Waals surface area contributed by atoms with Gasteiger partial charge < -0.3 is 20.1 Å². The Bertz CT molecular complexity index is 481. The van der Waals surface area contributed by atoms with Gasteiger partial charge in [0.2, 0.25) is 11.7 Å². The van der Waals surface area contributed by atoms with Crippen molar-refractivity contribution < 1.29 is 19.2 Å². The highest BCUT2D eigenvalue weighted by atomic mass is 16.6. The topological polar surface area (TPSA) is 129 Å². The van der Waals surface area contributed by atoms with E-state index in [0.29, 0.717) is 13.2 Å². The Balaban J connectivity index is 2.68. The second kappa shape index (κ2) is 7.84. The number of nitrogens with one attached hydrogen (secondary N) is 2. The highest BCUT2D eigenvalue weighted by molar-refractivity contribution is 5.81. The van der Waals surface area contributed by atoms with Crippen LogP contribution in [0, 0.1) is 10.1 Å². The molecule has 10 heteroatoms. The van der Waals surface area contributed by atoms with Crippen molar-refractivity contribution in [1.29, 1.82) is 0 Å². The molecule has 1 rings (SSSR count). The molecule has 20 heavy (non-hydrogen) atoms. The Labute approximate surface area is 114 Å². The molecular weight excluding hydrogens is 270 g/mol. The Morgan fingerprint density at radius 3 is 2.80 bits per heavy atom. The second-order valence-electron chi connectivity index (χ2n) is 3.53. The third kappa shape index (κ3) is 4.31. The zero-order chi connectivity index (χ0) is 15.0. The lowest BCUT2D eigenvalue weighted by molar-refractivity contribution is -0.385. The van der Waals surface area contributed by atoms with Crippen LogP contribution in [-0.2, 0) is 9.53 Å². The van der Waals surface area contributed by atoms with E-state index in [0.717, 1.165) is 6.33 Å². The fraction of sp³-hybridized carbons (Fsp3) is 0.500. The summed E-state index contributed by atoms with van der Waals surface area (Å²) < 4.78 is 9.56. The minimum atomic E-state index is -0.677. The minimum Gasteiger partial charge on any atom is -0.476 e. The average Bonchev–Trinajstić information content (AvgIpc) is 2.44. The maximum atomic E-state index is 11.5. The van der Waals surface area contributed by atoms with Gasteiger partial charge in [-0.25, -0.2) is 4.98 Å². The fourth-order valence-corrected chi connectivity index (χ4v) is 1.32. The van der Waals surface area contributed by atoms with E-state index < -0.39 is 10.6 Å². The summed E-state index contributed by atoms with van der Waals surface area (Å²) in [6, 6.07) is 0. The van der Waals surface area contributed by atoms with E-state index >= 15 is 0 Å². The first-order valence-electron chi connectivity index (χ1n) is 5.63. The quantitative estimate of drug-likeness (QED) is 0.374. The second-order valence-corrected chi connectivity index (χ2v) is 3.53. The molecule has 2 N–H and O–H groups in total. The zero-order valence-electron chi connectivity index (χ0n) is 11.1. The number of ether oxygens (including phenoxy) is 2. The summed E-state index contributed by atoms with van der Waals surface area (Å²) in [5, 5.41) is 16.1. The van der Waals surface area contributed by atoms with Crippen molar-refractivity contribution in [2.45, 2.75) is 0 Å². The highest BCUT2D eigenvalue weighted by Gasteiger charge is 2.23. The van der Waals surface area contributed by atoms with Crippen LogP contribution in [0.25, 0.3) is 0 Å². The molecule has 0 fully saturated rings. The van der Waals surface area contributed by atoms with Gasteiger partial charge in [-0.15, -0.1) is 0 Å². The van der Waals surface area contributed by atoms with Crippen LogP contribution in [0.1, 0.15) is 0 Å². The number of carbonyl (C=O) groups excluding carboxylic acids is 1. The average molecular weight is 285 g/mol. The van der Waals surface area contributed by atoms with Crippen LogP contribution in [0.15, 0.2) is 6.33 Å². The molecule has 0 aliphatic carbocycles. The van der Waals surface area contributed by atoms with E-state index in [2.05, 4.69) is 20.6 Å². The summed E-state index contributed by atoms with van der Waals surface area (Å²) >= 11 is 0. The lowest BCUT2D eigenvalue weighted by atomic mass is 10.4. The molecule has 0 aliphatic rings. The van der Waals surface area contributed by atoms with Gasteiger partial charge in [-0.3, -0.25) is 14.9 Å². The maximum absolute atomic E-state index is 11.5. The van der Waals surface area contributed by atoms with Gasteiger partial charge >= 0.3 is 5.69 Å². The van der Waals surface area contributed by atoms with E-state index in [4.69, 9.17) is 9.47 Å². The van der Waals surface area contributed by atoms with Crippen LogP contribution in [0.5, 0.6) is 5.88 Å². The Morgan fingerprint density at radius 1 is 1.45 bits per heavy atom. The molecular formula is C10H15N5O5. The third-order valence-electron chi connectivity index (χ3n) is 2.21. The molecule has 0 saturated carbocycles. The van der Waals surface area contributed by atoms with Crippen LogP contribution in [-0.4, -0.2) is 54.7 Å². The van der Waals surface area contributed by atoms with E-state index in [-0.39, 0.29) is 24.1 Å². The van der Waals surface area contributed by atoms with Crippen LogP contribution in [0.3, 0.4) is 0 Å². The Kier molecular flexibility index (Phi) is 6.10. The predicted octanol–water partition coefficient (Wildman–Crippen LogP) is -0.432. The maximum Gasteiger partial charge on any atom is 0.372 e. The van der Waals surface area contributed by atoms with Crippen molar-refractivity contribution in [3.05, 3.63) is 16.4 Å². The van der Waals surface area contributed by atoms with Gasteiger partial charge in [-0.1, -0.05) is 0 Å². The van der Waals surface area contributed by atoms with E-state index in [1.807, 2.05) is 0 Å². The molecule has 0 saturated heterocycles. The number of hydrogen-bond acceptors (Lipinski definition) is 8. The number of nitro groups is 1. The van der Waals surface area contributed by atoms with Gasteiger partial charge in [-0.05, 0) is 0 Å². The van der Waals surface area contributed by atoms with Crippen molar-refractivity contribution >= 4 is 17.4 Å². The molecule has 1 aromatic heterocycles. The molecule has 1 aromatic rings. The van der Waals surface area contributed by atoms with Crippen molar-refractivity contribution in [1.82, 2.24) is 15.3 Å². The number of anilines is 1. The number of methoxy groups -OCH3 is 2. The fourth-order valence-electron chi connectivity index (χ4n) is 1.32. The number of carbonyl (C=O) groups is 1. The van der Waals surface area contributed by atoms with Crippen LogP contribution >= 0.6 is 0 Å². The Hall–Kier alpha value is -2.49. The molecule has 0 unspecified atom stereocenters. The predicted molar refractivity (Wildman–Crippen MR) is 68.6 cm³/mol. The SMILES string of the molecule is COCCNC(=O)CNc1ncnc(OC)c1[N+](=O)[O-]. The molecule has 1 heterocycles. The van der Waals surface area contributed by atoms with Gasteiger partial charge in [0.1, 0.15) is 6.33 Å². The number of rotatable bonds is 8. The van der Waals surface area contributed by atoms with Gasteiger partial charge in [0.05, 0.1) is 25.2 Å². The van der Waals surface area contributed by atoms with Crippen LogP contribution in [0.4, 0.5) is 11.5 Å². The van der Waals surface area contributed by atoms with Crippen molar-refractivity contribution in [2.75, 3.05) is 39.2 Å².